The van der Waals surface area contributed by atoms with Crippen LogP contribution in [0.25, 0.3) is 0 Å². The highest BCUT2D eigenvalue weighted by atomic mass is 16.3. The normalized spacial score (nSPS) is 18.7. The molecule has 1 saturated heterocycles. The number of primary amides is 1. The minimum absolute atomic E-state index is 0.351. The number of hydrogen-bond donors (Lipinski definition) is 1. The number of rotatable bonds is 6. The summed E-state index contributed by atoms with van der Waals surface area (Å²) < 4.78 is 5.17. The second kappa shape index (κ2) is 6.54. The van der Waals surface area contributed by atoms with Crippen molar-refractivity contribution in [1.29, 1.82) is 0 Å². The summed E-state index contributed by atoms with van der Waals surface area (Å²) in [6.45, 7) is 3.39. The molecule has 0 radical (unpaired) electrons. The van der Waals surface area contributed by atoms with Crippen LogP contribution in [0.4, 0.5) is 0 Å². The second-order valence-corrected chi connectivity index (χ2v) is 4.87. The van der Waals surface area contributed by atoms with Gasteiger partial charge in [0.1, 0.15) is 12.2 Å². The quantitative estimate of drug-likeness (QED) is 0.831. The van der Waals surface area contributed by atoms with E-state index in [9.17, 15) is 4.79 Å². The molecule has 1 aromatic heterocycles. The zero-order valence-electron chi connectivity index (χ0n) is 10.7. The summed E-state index contributed by atoms with van der Waals surface area (Å²) in [5.74, 6) is -0.290. The monoisotopic (exact) mass is 251 g/mol. The zero-order chi connectivity index (χ0) is 12.8. The van der Waals surface area contributed by atoms with E-state index in [0.29, 0.717) is 12.3 Å². The zero-order valence-corrected chi connectivity index (χ0v) is 10.7. The van der Waals surface area contributed by atoms with Crippen molar-refractivity contribution in [3.8, 4) is 0 Å². The standard InChI is InChI=1S/C13H21N3O2/c14-12(17)11(13-15-6-10-18-13)5-4-9-16-7-2-1-3-8-16/h6,10-11H,1-5,7-9H2,(H2,14,17). The third-order valence-electron chi connectivity index (χ3n) is 3.51. The lowest BCUT2D eigenvalue weighted by molar-refractivity contribution is -0.120. The summed E-state index contributed by atoms with van der Waals surface area (Å²) in [7, 11) is 0. The highest BCUT2D eigenvalue weighted by molar-refractivity contribution is 5.80. The highest BCUT2D eigenvalue weighted by Crippen LogP contribution is 2.20. The minimum atomic E-state index is -0.384. The highest BCUT2D eigenvalue weighted by Gasteiger charge is 2.22. The Bertz CT molecular complexity index is 358. The van der Waals surface area contributed by atoms with E-state index in [4.69, 9.17) is 10.2 Å². The summed E-state index contributed by atoms with van der Waals surface area (Å²) in [5, 5.41) is 0. The van der Waals surface area contributed by atoms with Gasteiger partial charge in [0.25, 0.3) is 0 Å². The van der Waals surface area contributed by atoms with Gasteiger partial charge in [-0.15, -0.1) is 0 Å². The van der Waals surface area contributed by atoms with E-state index in [-0.39, 0.29) is 11.8 Å². The van der Waals surface area contributed by atoms with Crippen LogP contribution in [0.2, 0.25) is 0 Å². The number of oxazole rings is 1. The first-order chi connectivity index (χ1) is 8.77. The molecule has 18 heavy (non-hydrogen) atoms. The van der Waals surface area contributed by atoms with E-state index < -0.39 is 0 Å². The number of amides is 1. The fraction of sp³-hybridized carbons (Fsp3) is 0.692. The summed E-state index contributed by atoms with van der Waals surface area (Å²) >= 11 is 0. The fourth-order valence-electron chi connectivity index (χ4n) is 2.50. The lowest BCUT2D eigenvalue weighted by Gasteiger charge is -2.26. The number of piperidine rings is 1. The van der Waals surface area contributed by atoms with Crippen molar-refractivity contribution < 1.29 is 9.21 Å². The van der Waals surface area contributed by atoms with E-state index in [1.165, 1.54) is 38.6 Å². The topological polar surface area (TPSA) is 72.4 Å². The van der Waals surface area contributed by atoms with Crippen molar-refractivity contribution in [2.75, 3.05) is 19.6 Å². The van der Waals surface area contributed by atoms with Crippen molar-refractivity contribution in [2.45, 2.75) is 38.0 Å². The molecular formula is C13H21N3O2. The fourth-order valence-corrected chi connectivity index (χ4v) is 2.50. The molecule has 100 valence electrons. The molecule has 1 unspecified atom stereocenters. The van der Waals surface area contributed by atoms with Crippen LogP contribution in [-0.2, 0) is 4.79 Å². The van der Waals surface area contributed by atoms with E-state index >= 15 is 0 Å². The molecule has 2 rings (SSSR count). The molecule has 2 N–H and O–H groups in total. The van der Waals surface area contributed by atoms with Gasteiger partial charge in [0.2, 0.25) is 11.8 Å². The Balaban J connectivity index is 1.77. The molecule has 1 aliphatic heterocycles. The number of carbonyl (C=O) groups excluding carboxylic acids is 1. The molecule has 1 aliphatic rings. The van der Waals surface area contributed by atoms with Gasteiger partial charge in [-0.1, -0.05) is 6.42 Å². The van der Waals surface area contributed by atoms with Crippen LogP contribution in [0.5, 0.6) is 0 Å². The van der Waals surface area contributed by atoms with Crippen molar-refractivity contribution in [1.82, 2.24) is 9.88 Å². The van der Waals surface area contributed by atoms with E-state index in [1.807, 2.05) is 0 Å². The molecule has 0 aliphatic carbocycles. The first-order valence-corrected chi connectivity index (χ1v) is 6.68. The molecule has 0 saturated carbocycles. The van der Waals surface area contributed by atoms with Crippen molar-refractivity contribution in [2.24, 2.45) is 5.73 Å². The summed E-state index contributed by atoms with van der Waals surface area (Å²) in [4.78, 5) is 17.9. The minimum Gasteiger partial charge on any atom is -0.448 e. The van der Waals surface area contributed by atoms with Gasteiger partial charge in [-0.25, -0.2) is 4.98 Å². The molecule has 0 bridgehead atoms. The second-order valence-electron chi connectivity index (χ2n) is 4.87. The number of nitrogens with zero attached hydrogens (tertiary/aromatic N) is 2. The predicted octanol–water partition coefficient (Wildman–Crippen LogP) is 1.51. The Hall–Kier alpha value is -1.36. The first kappa shape index (κ1) is 13.1. The average Bonchev–Trinajstić information content (AvgIpc) is 2.89. The maximum absolute atomic E-state index is 11.4. The molecule has 1 aromatic rings. The van der Waals surface area contributed by atoms with Gasteiger partial charge in [0.15, 0.2) is 0 Å². The largest absolute Gasteiger partial charge is 0.448 e. The molecule has 1 atom stereocenters. The van der Waals surface area contributed by atoms with Crippen LogP contribution < -0.4 is 5.73 Å². The van der Waals surface area contributed by atoms with Gasteiger partial charge in [-0.2, -0.15) is 0 Å². The smallest absolute Gasteiger partial charge is 0.229 e. The maximum atomic E-state index is 11.4. The Morgan fingerprint density at radius 3 is 2.83 bits per heavy atom. The third-order valence-corrected chi connectivity index (χ3v) is 3.51. The van der Waals surface area contributed by atoms with Crippen LogP contribution in [0.15, 0.2) is 16.9 Å². The number of hydrogen-bond acceptors (Lipinski definition) is 4. The van der Waals surface area contributed by atoms with E-state index in [1.54, 1.807) is 6.20 Å². The number of carbonyl (C=O) groups is 1. The van der Waals surface area contributed by atoms with Gasteiger partial charge in [-0.05, 0) is 45.3 Å². The Morgan fingerprint density at radius 1 is 1.44 bits per heavy atom. The summed E-state index contributed by atoms with van der Waals surface area (Å²) in [6.07, 6.45) is 8.63. The van der Waals surface area contributed by atoms with Gasteiger partial charge in [0, 0.05) is 0 Å². The molecule has 1 fully saturated rings. The van der Waals surface area contributed by atoms with Crippen LogP contribution in [0, 0.1) is 0 Å². The van der Waals surface area contributed by atoms with E-state index in [2.05, 4.69) is 9.88 Å². The van der Waals surface area contributed by atoms with Crippen molar-refractivity contribution >= 4 is 5.91 Å². The predicted molar refractivity (Wildman–Crippen MR) is 68.0 cm³/mol. The van der Waals surface area contributed by atoms with Crippen LogP contribution in [0.1, 0.15) is 43.9 Å². The molecule has 2 heterocycles. The van der Waals surface area contributed by atoms with Crippen LogP contribution >= 0.6 is 0 Å². The maximum Gasteiger partial charge on any atom is 0.229 e. The van der Waals surface area contributed by atoms with Crippen LogP contribution in [-0.4, -0.2) is 35.4 Å². The van der Waals surface area contributed by atoms with Gasteiger partial charge >= 0.3 is 0 Å². The summed E-state index contributed by atoms with van der Waals surface area (Å²) in [5.41, 5.74) is 5.39. The Kier molecular flexibility index (Phi) is 4.75. The molecule has 0 spiro atoms. The van der Waals surface area contributed by atoms with Gasteiger partial charge in [-0.3, -0.25) is 4.79 Å². The van der Waals surface area contributed by atoms with Gasteiger partial charge in [0.05, 0.1) is 6.20 Å². The number of aromatic nitrogens is 1. The molecule has 1 amide bonds. The molecular weight excluding hydrogens is 230 g/mol. The van der Waals surface area contributed by atoms with Gasteiger partial charge < -0.3 is 15.1 Å². The lowest BCUT2D eigenvalue weighted by atomic mass is 10.0. The SMILES string of the molecule is NC(=O)C(CCCN1CCCCC1)c1ncco1. The third kappa shape index (κ3) is 3.57. The Labute approximate surface area is 107 Å². The van der Waals surface area contributed by atoms with Crippen molar-refractivity contribution in [3.05, 3.63) is 18.4 Å². The van der Waals surface area contributed by atoms with E-state index in [0.717, 1.165) is 13.0 Å². The number of likely N-dealkylation sites (tertiary alicyclic amines) is 1. The number of nitrogens with two attached hydrogens (primary N) is 1. The summed E-state index contributed by atoms with van der Waals surface area (Å²) in [6, 6.07) is 0. The lowest BCUT2D eigenvalue weighted by Crippen LogP contribution is -2.31. The van der Waals surface area contributed by atoms with Crippen LogP contribution in [0.3, 0.4) is 0 Å². The van der Waals surface area contributed by atoms with Crippen molar-refractivity contribution in [3.63, 3.8) is 0 Å². The molecule has 5 heteroatoms. The Morgan fingerprint density at radius 2 is 2.22 bits per heavy atom. The molecule has 0 aromatic carbocycles. The first-order valence-electron chi connectivity index (χ1n) is 6.68. The molecule has 5 nitrogen and oxygen atoms in total. The average molecular weight is 251 g/mol.